The number of benzene rings is 1. The van der Waals surface area contributed by atoms with Gasteiger partial charge >= 0.3 is 0 Å². The molecule has 0 aliphatic rings. The Morgan fingerprint density at radius 3 is 2.65 bits per heavy atom. The minimum absolute atomic E-state index is 0.0729. The van der Waals surface area contributed by atoms with Crippen LogP contribution in [0.15, 0.2) is 41.8 Å². The molecule has 17 heavy (non-hydrogen) atoms. The predicted molar refractivity (Wildman–Crippen MR) is 63.1 cm³/mol. The molecule has 2 aromatic rings. The molecule has 1 unspecified atom stereocenters. The van der Waals surface area contributed by atoms with Gasteiger partial charge in [-0.05, 0) is 0 Å². The molecular formula is C11H11N3O2S. The minimum atomic E-state index is -1.45. The van der Waals surface area contributed by atoms with Crippen LogP contribution in [0.1, 0.15) is 10.4 Å². The van der Waals surface area contributed by atoms with Crippen molar-refractivity contribution in [2.45, 2.75) is 5.16 Å². The molecule has 1 aromatic carbocycles. The third-order valence-electron chi connectivity index (χ3n) is 2.23. The summed E-state index contributed by atoms with van der Waals surface area (Å²) in [7, 11) is 0.240. The highest BCUT2D eigenvalue weighted by Crippen LogP contribution is 2.05. The maximum atomic E-state index is 11.9. The molecular weight excluding hydrogens is 238 g/mol. The standard InChI is InChI=1S/C11H11N3O2S/c1-14-8-12-13-11(14)17(16)7-10(15)9-5-3-2-4-6-9/h2-6,8H,7H2,1H3. The van der Waals surface area contributed by atoms with Gasteiger partial charge in [0.05, 0.1) is 16.6 Å². The molecule has 5 nitrogen and oxygen atoms in total. The largest absolute Gasteiger partial charge is 0.310 e. The summed E-state index contributed by atoms with van der Waals surface area (Å²) in [4.78, 5) is 11.8. The van der Waals surface area contributed by atoms with E-state index in [-0.39, 0.29) is 11.5 Å². The first-order valence-corrected chi connectivity index (χ1v) is 6.31. The number of carbonyl (C=O) groups is 1. The summed E-state index contributed by atoms with van der Waals surface area (Å²) in [5, 5.41) is 7.67. The molecule has 2 rings (SSSR count). The van der Waals surface area contributed by atoms with Crippen LogP contribution in [0.4, 0.5) is 0 Å². The monoisotopic (exact) mass is 249 g/mol. The zero-order valence-electron chi connectivity index (χ0n) is 9.24. The summed E-state index contributed by atoms with van der Waals surface area (Å²) in [6, 6.07) is 8.79. The smallest absolute Gasteiger partial charge is 0.221 e. The van der Waals surface area contributed by atoms with E-state index in [9.17, 15) is 9.00 Å². The van der Waals surface area contributed by atoms with Crippen molar-refractivity contribution in [3.8, 4) is 0 Å². The van der Waals surface area contributed by atoms with E-state index in [1.807, 2.05) is 6.07 Å². The van der Waals surface area contributed by atoms with Crippen LogP contribution in [0.5, 0.6) is 0 Å². The SMILES string of the molecule is Cn1cnnc1S(=O)CC(=O)c1ccccc1. The van der Waals surface area contributed by atoms with E-state index in [4.69, 9.17) is 0 Å². The van der Waals surface area contributed by atoms with Gasteiger partial charge in [-0.2, -0.15) is 0 Å². The maximum Gasteiger partial charge on any atom is 0.221 e. The maximum absolute atomic E-state index is 11.9. The van der Waals surface area contributed by atoms with Crippen LogP contribution in [0.2, 0.25) is 0 Å². The lowest BCUT2D eigenvalue weighted by Crippen LogP contribution is -2.13. The summed E-state index contributed by atoms with van der Waals surface area (Å²) >= 11 is 0. The third-order valence-corrected chi connectivity index (χ3v) is 3.53. The van der Waals surface area contributed by atoms with Crippen LogP contribution >= 0.6 is 0 Å². The summed E-state index contributed by atoms with van der Waals surface area (Å²) in [6.07, 6.45) is 1.46. The van der Waals surface area contributed by atoms with E-state index < -0.39 is 10.8 Å². The van der Waals surface area contributed by atoms with E-state index in [0.717, 1.165) is 0 Å². The Labute approximate surface area is 101 Å². The molecule has 88 valence electrons. The van der Waals surface area contributed by atoms with Gasteiger partial charge in [0.1, 0.15) is 6.33 Å². The number of aromatic nitrogens is 3. The first-order valence-electron chi connectivity index (χ1n) is 4.99. The lowest BCUT2D eigenvalue weighted by Gasteiger charge is -2.01. The van der Waals surface area contributed by atoms with E-state index in [0.29, 0.717) is 10.7 Å². The van der Waals surface area contributed by atoms with E-state index in [1.165, 1.54) is 6.33 Å². The first-order chi connectivity index (χ1) is 8.18. The van der Waals surface area contributed by atoms with Gasteiger partial charge in [0.25, 0.3) is 0 Å². The average molecular weight is 249 g/mol. The normalized spacial score (nSPS) is 12.3. The van der Waals surface area contributed by atoms with Crippen molar-refractivity contribution < 1.29 is 9.00 Å². The van der Waals surface area contributed by atoms with Crippen molar-refractivity contribution in [3.05, 3.63) is 42.2 Å². The van der Waals surface area contributed by atoms with Gasteiger partial charge in [0.15, 0.2) is 5.78 Å². The fourth-order valence-electron chi connectivity index (χ4n) is 1.37. The summed E-state index contributed by atoms with van der Waals surface area (Å²) in [5.41, 5.74) is 0.558. The van der Waals surface area contributed by atoms with Crippen molar-refractivity contribution in [1.29, 1.82) is 0 Å². The number of hydrogen-bond acceptors (Lipinski definition) is 4. The Morgan fingerprint density at radius 1 is 1.35 bits per heavy atom. The van der Waals surface area contributed by atoms with E-state index >= 15 is 0 Å². The van der Waals surface area contributed by atoms with E-state index in [2.05, 4.69) is 10.2 Å². The number of ketones is 1. The molecule has 6 heteroatoms. The van der Waals surface area contributed by atoms with Gasteiger partial charge in [-0.3, -0.25) is 9.00 Å². The molecule has 0 N–H and O–H groups in total. The highest BCUT2D eigenvalue weighted by atomic mass is 32.2. The molecule has 0 spiro atoms. The second kappa shape index (κ2) is 5.01. The fraction of sp³-hybridized carbons (Fsp3) is 0.182. The van der Waals surface area contributed by atoms with E-state index in [1.54, 1.807) is 35.9 Å². The number of Topliss-reactive ketones (excluding diaryl/α,β-unsaturated/α-hetero) is 1. The summed E-state index contributed by atoms with van der Waals surface area (Å²) in [6.45, 7) is 0. The Hall–Kier alpha value is -1.82. The van der Waals surface area contributed by atoms with Crippen molar-refractivity contribution in [3.63, 3.8) is 0 Å². The van der Waals surface area contributed by atoms with Crippen molar-refractivity contribution >= 4 is 16.6 Å². The van der Waals surface area contributed by atoms with Crippen molar-refractivity contribution in [2.24, 2.45) is 7.05 Å². The van der Waals surface area contributed by atoms with Gasteiger partial charge in [0, 0.05) is 12.6 Å². The number of aryl methyl sites for hydroxylation is 1. The number of carbonyl (C=O) groups excluding carboxylic acids is 1. The molecule has 1 aromatic heterocycles. The molecule has 1 atom stereocenters. The summed E-state index contributed by atoms with van der Waals surface area (Å²) in [5.74, 6) is -0.233. The molecule has 0 radical (unpaired) electrons. The van der Waals surface area contributed by atoms with Crippen LogP contribution in [0, 0.1) is 0 Å². The van der Waals surface area contributed by atoms with Gasteiger partial charge in [-0.15, -0.1) is 10.2 Å². The zero-order valence-corrected chi connectivity index (χ0v) is 10.1. The summed E-state index contributed by atoms with van der Waals surface area (Å²) < 4.78 is 13.4. The van der Waals surface area contributed by atoms with Crippen molar-refractivity contribution in [1.82, 2.24) is 14.8 Å². The molecule has 0 aliphatic heterocycles. The van der Waals surface area contributed by atoms with Crippen LogP contribution in [0.3, 0.4) is 0 Å². The van der Waals surface area contributed by atoms with Gasteiger partial charge in [0.2, 0.25) is 5.16 Å². The number of rotatable bonds is 4. The van der Waals surface area contributed by atoms with Crippen LogP contribution in [-0.2, 0) is 17.8 Å². The highest BCUT2D eigenvalue weighted by Gasteiger charge is 2.15. The number of nitrogens with zero attached hydrogens (tertiary/aromatic N) is 3. The third kappa shape index (κ3) is 2.65. The predicted octanol–water partition coefficient (Wildman–Crippen LogP) is 0.806. The number of hydrogen-bond donors (Lipinski definition) is 0. The molecule has 0 fully saturated rings. The van der Waals surface area contributed by atoms with Gasteiger partial charge in [-0.25, -0.2) is 0 Å². The molecule has 0 bridgehead atoms. The Morgan fingerprint density at radius 2 is 2.06 bits per heavy atom. The lowest BCUT2D eigenvalue weighted by molar-refractivity contribution is 0.102. The molecule has 0 saturated carbocycles. The van der Waals surface area contributed by atoms with Crippen LogP contribution in [-0.4, -0.2) is 30.5 Å². The second-order valence-electron chi connectivity index (χ2n) is 3.50. The quantitative estimate of drug-likeness (QED) is 0.752. The average Bonchev–Trinajstić information content (AvgIpc) is 2.76. The minimum Gasteiger partial charge on any atom is -0.310 e. The zero-order chi connectivity index (χ0) is 12.3. The molecule has 0 amide bonds. The Bertz CT molecular complexity index is 551. The Kier molecular flexibility index (Phi) is 3.43. The second-order valence-corrected chi connectivity index (χ2v) is 4.85. The van der Waals surface area contributed by atoms with Crippen LogP contribution in [0.25, 0.3) is 0 Å². The van der Waals surface area contributed by atoms with Gasteiger partial charge < -0.3 is 4.57 Å². The highest BCUT2D eigenvalue weighted by molar-refractivity contribution is 7.85. The molecule has 1 heterocycles. The van der Waals surface area contributed by atoms with Crippen molar-refractivity contribution in [2.75, 3.05) is 5.75 Å². The fourth-order valence-corrected chi connectivity index (χ4v) is 2.41. The van der Waals surface area contributed by atoms with Crippen LogP contribution < -0.4 is 0 Å². The molecule has 0 aliphatic carbocycles. The Balaban J connectivity index is 2.10. The van der Waals surface area contributed by atoms with Gasteiger partial charge in [-0.1, -0.05) is 30.3 Å². The molecule has 0 saturated heterocycles. The lowest BCUT2D eigenvalue weighted by atomic mass is 10.2. The first kappa shape index (κ1) is 11.7. The topological polar surface area (TPSA) is 64.8 Å².